The van der Waals surface area contributed by atoms with Gasteiger partial charge in [0, 0.05) is 45.1 Å². The molecule has 0 spiro atoms. The van der Waals surface area contributed by atoms with E-state index < -0.39 is 52.5 Å². The number of benzene rings is 1. The Labute approximate surface area is 251 Å². The number of carbonyl (C=O) groups excluding carboxylic acids is 2. The van der Waals surface area contributed by atoms with Gasteiger partial charge in [0.05, 0.1) is 28.8 Å². The summed E-state index contributed by atoms with van der Waals surface area (Å²) in [4.78, 5) is 35.0. The second-order valence-corrected chi connectivity index (χ2v) is 11.8. The van der Waals surface area contributed by atoms with Crippen molar-refractivity contribution < 1.29 is 45.4 Å². The molecule has 0 radical (unpaired) electrons. The Balaban J connectivity index is 1.51. The summed E-state index contributed by atoms with van der Waals surface area (Å²) in [5.41, 5.74) is -4.44. The van der Waals surface area contributed by atoms with Crippen LogP contribution in [0.2, 0.25) is 0 Å². The number of alkyl halides is 6. The number of aromatic nitrogens is 1. The van der Waals surface area contributed by atoms with E-state index in [0.717, 1.165) is 55.6 Å². The Morgan fingerprint density at radius 1 is 1.00 bits per heavy atom. The fourth-order valence-electron chi connectivity index (χ4n) is 6.17. The van der Waals surface area contributed by atoms with Crippen molar-refractivity contribution in [3.8, 4) is 5.75 Å². The van der Waals surface area contributed by atoms with Crippen molar-refractivity contribution in [2.45, 2.75) is 82.0 Å². The van der Waals surface area contributed by atoms with Crippen LogP contribution in [0.15, 0.2) is 42.7 Å². The van der Waals surface area contributed by atoms with Crippen LogP contribution in [-0.2, 0) is 21.9 Å². The summed E-state index contributed by atoms with van der Waals surface area (Å²) in [5.74, 6) is -0.896. The van der Waals surface area contributed by atoms with Crippen LogP contribution in [0.25, 0.3) is 0 Å². The molecule has 1 aromatic heterocycles. The Morgan fingerprint density at radius 3 is 2.36 bits per heavy atom. The van der Waals surface area contributed by atoms with Crippen molar-refractivity contribution >= 4 is 11.8 Å². The zero-order valence-electron chi connectivity index (χ0n) is 24.3. The first-order valence-electron chi connectivity index (χ1n) is 14.9. The summed E-state index contributed by atoms with van der Waals surface area (Å²) >= 11 is 0. The van der Waals surface area contributed by atoms with Crippen molar-refractivity contribution in [3.63, 3.8) is 0 Å². The maximum absolute atomic E-state index is 14.5. The zero-order chi connectivity index (χ0) is 31.7. The highest BCUT2D eigenvalue weighted by Crippen LogP contribution is 2.41. The molecule has 2 saturated heterocycles. The van der Waals surface area contributed by atoms with Crippen LogP contribution in [-0.4, -0.2) is 70.6 Å². The van der Waals surface area contributed by atoms with Gasteiger partial charge < -0.3 is 19.3 Å². The number of amides is 2. The lowest BCUT2D eigenvalue weighted by Gasteiger charge is -2.49. The molecule has 2 aromatic rings. The van der Waals surface area contributed by atoms with Crippen LogP contribution in [0, 0.1) is 5.92 Å². The summed E-state index contributed by atoms with van der Waals surface area (Å²) in [6, 6.07) is 3.66. The average molecular weight is 628 g/mol. The third kappa shape index (κ3) is 6.82. The van der Waals surface area contributed by atoms with Gasteiger partial charge in [-0.15, -0.1) is 0 Å². The number of pyridine rings is 1. The molecule has 0 N–H and O–H groups in total. The number of halogens is 6. The maximum Gasteiger partial charge on any atom is 0.417 e. The minimum atomic E-state index is -4.82. The third-order valence-electron chi connectivity index (χ3n) is 8.58. The van der Waals surface area contributed by atoms with Gasteiger partial charge in [0.15, 0.2) is 0 Å². The molecule has 0 bridgehead atoms. The molecule has 240 valence electrons. The summed E-state index contributed by atoms with van der Waals surface area (Å²) in [6.07, 6.45) is -4.00. The molecule has 0 unspecified atom stereocenters. The smallest absolute Gasteiger partial charge is 0.417 e. The Kier molecular flexibility index (Phi) is 9.16. The molecule has 1 aromatic carbocycles. The fraction of sp³-hybridized carbons (Fsp3) is 0.581. The van der Waals surface area contributed by atoms with E-state index in [2.05, 4.69) is 4.98 Å². The molecule has 2 aliphatic heterocycles. The van der Waals surface area contributed by atoms with E-state index in [1.165, 1.54) is 4.90 Å². The fourth-order valence-corrected chi connectivity index (χ4v) is 6.17. The van der Waals surface area contributed by atoms with E-state index in [9.17, 15) is 35.9 Å². The second-order valence-electron chi connectivity index (χ2n) is 11.8. The van der Waals surface area contributed by atoms with Crippen LogP contribution in [0.5, 0.6) is 5.75 Å². The number of likely N-dealkylation sites (tertiary alicyclic amines) is 2. The molecule has 13 heteroatoms. The number of ether oxygens (including phenoxy) is 2. The first-order chi connectivity index (χ1) is 20.8. The minimum absolute atomic E-state index is 0.0140. The van der Waals surface area contributed by atoms with Crippen molar-refractivity contribution in [1.29, 1.82) is 0 Å². The highest BCUT2D eigenvalue weighted by Gasteiger charge is 2.56. The lowest BCUT2D eigenvalue weighted by molar-refractivity contribution is -0.158. The van der Waals surface area contributed by atoms with Gasteiger partial charge in [-0.25, -0.2) is 0 Å². The van der Waals surface area contributed by atoms with E-state index in [1.807, 2.05) is 6.92 Å². The molecule has 1 saturated carbocycles. The van der Waals surface area contributed by atoms with Gasteiger partial charge in [0.1, 0.15) is 5.75 Å². The molecule has 3 heterocycles. The Hall–Kier alpha value is -3.35. The summed E-state index contributed by atoms with van der Waals surface area (Å²) in [5, 5.41) is 0. The summed E-state index contributed by atoms with van der Waals surface area (Å²) in [7, 11) is 0. The molecule has 3 aliphatic rings. The molecular formula is C31H35F6N3O4. The standard InChI is InChI=1S/C31H35F6N3O4/c1-2-4-26-29(44-22-9-7-21(8-10-22)30(32,33)34,28(42)39-16-12-23(18-39)43-19-20-5-6-20)13-3-15-40(26)27(41)24-17-38-14-11-25(24)31(35,36)37/h7-11,14,17,20,23,26H,2-6,12-13,15-16,18-19H2,1H3/t23-,26-,29+/m1/s1. The number of rotatable bonds is 9. The van der Waals surface area contributed by atoms with Crippen LogP contribution >= 0.6 is 0 Å². The number of hydrogen-bond donors (Lipinski definition) is 0. The molecule has 1 aliphatic carbocycles. The first kappa shape index (κ1) is 32.1. The minimum Gasteiger partial charge on any atom is -0.475 e. The van der Waals surface area contributed by atoms with Crippen molar-refractivity contribution in [3.05, 3.63) is 59.4 Å². The van der Waals surface area contributed by atoms with E-state index in [1.54, 1.807) is 4.90 Å². The van der Waals surface area contributed by atoms with Crippen molar-refractivity contribution in [2.75, 3.05) is 26.2 Å². The van der Waals surface area contributed by atoms with E-state index in [0.29, 0.717) is 31.9 Å². The van der Waals surface area contributed by atoms with Gasteiger partial charge in [-0.1, -0.05) is 13.3 Å². The number of piperidine rings is 1. The quantitative estimate of drug-likeness (QED) is 0.303. The summed E-state index contributed by atoms with van der Waals surface area (Å²) < 4.78 is 93.9. The molecule has 2 amide bonds. The number of hydrogen-bond acceptors (Lipinski definition) is 5. The number of carbonyl (C=O) groups is 2. The van der Waals surface area contributed by atoms with Crippen LogP contribution in [0.1, 0.15) is 73.4 Å². The summed E-state index contributed by atoms with van der Waals surface area (Å²) in [6.45, 7) is 3.10. The van der Waals surface area contributed by atoms with Gasteiger partial charge in [0.25, 0.3) is 11.8 Å². The SMILES string of the molecule is CCC[C@H]1N(C(=O)c2cnccc2C(F)(F)F)CCC[C@@]1(Oc1ccc(C(F)(F)F)cc1)C(=O)N1CC[C@@H](OCC2CC2)C1. The lowest BCUT2D eigenvalue weighted by Crippen LogP contribution is -2.68. The van der Waals surface area contributed by atoms with Crippen LogP contribution < -0.4 is 4.74 Å². The van der Waals surface area contributed by atoms with Gasteiger partial charge in [-0.3, -0.25) is 14.6 Å². The van der Waals surface area contributed by atoms with Gasteiger partial charge in [0.2, 0.25) is 5.60 Å². The van der Waals surface area contributed by atoms with Gasteiger partial charge >= 0.3 is 12.4 Å². The number of nitrogens with zero attached hydrogens (tertiary/aromatic N) is 3. The molecule has 7 nitrogen and oxygen atoms in total. The molecule has 3 fully saturated rings. The molecule has 5 rings (SSSR count). The topological polar surface area (TPSA) is 72.0 Å². The first-order valence-corrected chi connectivity index (χ1v) is 14.9. The van der Waals surface area contributed by atoms with E-state index in [4.69, 9.17) is 9.47 Å². The van der Waals surface area contributed by atoms with Gasteiger partial charge in [-0.05, 0) is 68.4 Å². The highest BCUT2D eigenvalue weighted by molar-refractivity contribution is 5.97. The zero-order valence-corrected chi connectivity index (χ0v) is 24.3. The highest BCUT2D eigenvalue weighted by atomic mass is 19.4. The molecule has 44 heavy (non-hydrogen) atoms. The van der Waals surface area contributed by atoms with Crippen molar-refractivity contribution in [1.82, 2.24) is 14.8 Å². The van der Waals surface area contributed by atoms with Crippen LogP contribution in [0.4, 0.5) is 26.3 Å². The third-order valence-corrected chi connectivity index (χ3v) is 8.58. The van der Waals surface area contributed by atoms with Crippen LogP contribution in [0.3, 0.4) is 0 Å². The van der Waals surface area contributed by atoms with E-state index in [-0.39, 0.29) is 44.2 Å². The second kappa shape index (κ2) is 12.6. The Bertz CT molecular complexity index is 1330. The van der Waals surface area contributed by atoms with Crippen molar-refractivity contribution in [2.24, 2.45) is 5.92 Å². The van der Waals surface area contributed by atoms with Gasteiger partial charge in [-0.2, -0.15) is 26.3 Å². The monoisotopic (exact) mass is 627 g/mol. The lowest BCUT2D eigenvalue weighted by atomic mass is 9.79. The maximum atomic E-state index is 14.5. The largest absolute Gasteiger partial charge is 0.475 e. The Morgan fingerprint density at radius 2 is 1.73 bits per heavy atom. The predicted octanol–water partition coefficient (Wildman–Crippen LogP) is 6.37. The molecular weight excluding hydrogens is 592 g/mol. The average Bonchev–Trinajstić information content (AvgIpc) is 3.70. The normalized spacial score (nSPS) is 24.4. The predicted molar refractivity (Wildman–Crippen MR) is 147 cm³/mol. The molecule has 3 atom stereocenters. The van der Waals surface area contributed by atoms with E-state index >= 15 is 0 Å².